The number of hydrogen-bond acceptors (Lipinski definition) is 1. The van der Waals surface area contributed by atoms with Crippen LogP contribution in [-0.2, 0) is 10.2 Å². The zero-order valence-corrected chi connectivity index (χ0v) is 13.9. The summed E-state index contributed by atoms with van der Waals surface area (Å²) in [6.45, 7) is 0. The topological polar surface area (TPSA) is 57.5 Å². The molecule has 0 spiro atoms. The lowest BCUT2D eigenvalue weighted by Crippen LogP contribution is -2.13. The van der Waals surface area contributed by atoms with Gasteiger partial charge in [0, 0.05) is 5.56 Å². The number of hydrogen-bond donors (Lipinski definition) is 2. The van der Waals surface area contributed by atoms with Crippen molar-refractivity contribution < 1.29 is 23.1 Å². The Morgan fingerprint density at radius 2 is 1.56 bits per heavy atom. The van der Waals surface area contributed by atoms with Crippen LogP contribution < -0.4 is 0 Å². The van der Waals surface area contributed by atoms with Gasteiger partial charge >= 0.3 is 13.3 Å². The highest BCUT2D eigenvalue weighted by Gasteiger charge is 2.50. The summed E-state index contributed by atoms with van der Waals surface area (Å²) in [5.74, 6) is 0. The van der Waals surface area contributed by atoms with E-state index in [1.54, 1.807) is 18.2 Å². The maximum Gasteiger partial charge on any atom is 0.399 e. The molecule has 0 aromatic heterocycles. The molecular weight excluding hydrogens is 345 g/mol. The van der Waals surface area contributed by atoms with Crippen molar-refractivity contribution in [3.8, 4) is 0 Å². The van der Waals surface area contributed by atoms with E-state index in [4.69, 9.17) is 9.79 Å². The Hall–Kier alpha value is -2.33. The average Bonchev–Trinajstić information content (AvgIpc) is 2.59. The van der Waals surface area contributed by atoms with Gasteiger partial charge in [-0.3, -0.25) is 4.57 Å². The molecule has 0 saturated heterocycles. The number of fused-ring (bicyclic) bond motifs is 1. The van der Waals surface area contributed by atoms with E-state index in [0.29, 0.717) is 5.56 Å². The quantitative estimate of drug-likeness (QED) is 0.494. The fourth-order valence-electron chi connectivity index (χ4n) is 2.58. The lowest BCUT2D eigenvalue weighted by Gasteiger charge is -2.18. The first-order valence-corrected chi connectivity index (χ1v) is 9.10. The van der Waals surface area contributed by atoms with Gasteiger partial charge in [-0.2, -0.15) is 8.78 Å². The molecule has 0 amide bonds. The second-order valence-corrected chi connectivity index (χ2v) is 7.26. The van der Waals surface area contributed by atoms with Gasteiger partial charge in [0.05, 0.1) is 0 Å². The smallest absolute Gasteiger partial charge is 0.320 e. The third-order valence-corrected chi connectivity index (χ3v) is 4.87. The van der Waals surface area contributed by atoms with Crippen LogP contribution in [0.25, 0.3) is 22.9 Å². The maximum atomic E-state index is 13.8. The average molecular weight is 360 g/mol. The van der Waals surface area contributed by atoms with Crippen LogP contribution in [0.1, 0.15) is 16.7 Å². The van der Waals surface area contributed by atoms with E-state index < -0.39 is 18.8 Å². The summed E-state index contributed by atoms with van der Waals surface area (Å²) >= 11 is 0. The Morgan fingerprint density at radius 1 is 0.880 bits per heavy atom. The Bertz CT molecular complexity index is 987. The van der Waals surface area contributed by atoms with Crippen molar-refractivity contribution in [3.63, 3.8) is 0 Å². The van der Waals surface area contributed by atoms with Gasteiger partial charge in [-0.05, 0) is 28.0 Å². The van der Waals surface area contributed by atoms with Crippen LogP contribution in [0.4, 0.5) is 8.78 Å². The number of alkyl halides is 2. The van der Waals surface area contributed by atoms with Gasteiger partial charge in [0.1, 0.15) is 0 Å². The van der Waals surface area contributed by atoms with Gasteiger partial charge in [-0.15, -0.1) is 0 Å². The van der Waals surface area contributed by atoms with Crippen LogP contribution in [0.15, 0.2) is 66.7 Å². The molecule has 3 aromatic carbocycles. The molecule has 0 saturated carbocycles. The minimum absolute atomic E-state index is 0.429. The summed E-state index contributed by atoms with van der Waals surface area (Å²) in [6.07, 6.45) is 3.43. The fraction of sp³-hybridized carbons (Fsp3) is 0.0526. The molecule has 0 aliphatic heterocycles. The molecule has 0 bridgehead atoms. The molecule has 3 aromatic rings. The van der Waals surface area contributed by atoms with Gasteiger partial charge < -0.3 is 9.79 Å². The molecule has 3 rings (SSSR count). The molecule has 6 heteroatoms. The minimum atomic E-state index is -5.58. The molecule has 3 nitrogen and oxygen atoms in total. The summed E-state index contributed by atoms with van der Waals surface area (Å²) in [6, 6.07) is 18.6. The SMILES string of the molecule is O=P(O)(O)C(F)(F)c1cccc(/C=C\c2cccc3ccccc23)c1. The molecule has 0 aliphatic carbocycles. The molecule has 0 aliphatic rings. The highest BCUT2D eigenvalue weighted by atomic mass is 31.2. The number of benzene rings is 3. The van der Waals surface area contributed by atoms with Crippen LogP contribution in [0.3, 0.4) is 0 Å². The van der Waals surface area contributed by atoms with E-state index in [-0.39, 0.29) is 0 Å². The van der Waals surface area contributed by atoms with Gasteiger partial charge in [-0.1, -0.05) is 72.8 Å². The second kappa shape index (κ2) is 6.52. The summed E-state index contributed by atoms with van der Waals surface area (Å²) < 4.78 is 38.7. The van der Waals surface area contributed by atoms with Crippen molar-refractivity contribution in [3.05, 3.63) is 83.4 Å². The molecule has 2 N–H and O–H groups in total. The second-order valence-electron chi connectivity index (χ2n) is 5.61. The van der Waals surface area contributed by atoms with E-state index >= 15 is 0 Å². The first kappa shape index (κ1) is 17.5. The van der Waals surface area contributed by atoms with Crippen molar-refractivity contribution in [1.29, 1.82) is 0 Å². The monoisotopic (exact) mass is 360 g/mol. The summed E-state index contributed by atoms with van der Waals surface area (Å²) in [5.41, 5.74) is -3.57. The standard InChI is InChI=1S/C19H15F2O3P/c20-19(21,25(22,23)24)17-9-3-5-14(13-17)11-12-16-8-4-7-15-6-1-2-10-18(15)16/h1-13H,(H2,22,23,24)/b12-11-. The molecule has 0 heterocycles. The maximum absolute atomic E-state index is 13.8. The number of halogens is 2. The first-order chi connectivity index (χ1) is 11.8. The lowest BCUT2D eigenvalue weighted by atomic mass is 10.0. The third kappa shape index (κ3) is 3.54. The van der Waals surface area contributed by atoms with E-state index in [9.17, 15) is 13.3 Å². The van der Waals surface area contributed by atoms with Crippen molar-refractivity contribution >= 4 is 30.5 Å². The molecule has 128 valence electrons. The van der Waals surface area contributed by atoms with Crippen molar-refractivity contribution in [1.82, 2.24) is 0 Å². The van der Waals surface area contributed by atoms with Crippen LogP contribution in [0.2, 0.25) is 0 Å². The first-order valence-electron chi connectivity index (χ1n) is 7.49. The third-order valence-electron chi connectivity index (χ3n) is 3.88. The Labute approximate surface area is 143 Å². The fourth-order valence-corrected chi connectivity index (χ4v) is 3.05. The van der Waals surface area contributed by atoms with Crippen molar-refractivity contribution in [2.45, 2.75) is 5.66 Å². The number of rotatable bonds is 4. The highest BCUT2D eigenvalue weighted by molar-refractivity contribution is 7.52. The molecular formula is C19H15F2O3P. The highest BCUT2D eigenvalue weighted by Crippen LogP contribution is 2.59. The molecule has 0 atom stereocenters. The van der Waals surface area contributed by atoms with E-state index in [1.807, 2.05) is 42.5 Å². The van der Waals surface area contributed by atoms with Gasteiger partial charge in [0.25, 0.3) is 0 Å². The van der Waals surface area contributed by atoms with E-state index in [2.05, 4.69) is 0 Å². The van der Waals surface area contributed by atoms with Crippen LogP contribution >= 0.6 is 7.60 Å². The molecule has 0 radical (unpaired) electrons. The Balaban J connectivity index is 1.97. The van der Waals surface area contributed by atoms with Gasteiger partial charge in [0.2, 0.25) is 0 Å². The molecule has 25 heavy (non-hydrogen) atoms. The summed E-state index contributed by atoms with van der Waals surface area (Å²) in [5, 5.41) is 2.09. The normalized spacial score (nSPS) is 12.8. The summed E-state index contributed by atoms with van der Waals surface area (Å²) in [7, 11) is -5.58. The van der Waals surface area contributed by atoms with Crippen molar-refractivity contribution in [2.75, 3.05) is 0 Å². The minimum Gasteiger partial charge on any atom is -0.320 e. The van der Waals surface area contributed by atoms with Gasteiger partial charge in [0.15, 0.2) is 0 Å². The summed E-state index contributed by atoms with van der Waals surface area (Å²) in [4.78, 5) is 17.7. The van der Waals surface area contributed by atoms with Crippen LogP contribution in [-0.4, -0.2) is 9.79 Å². The van der Waals surface area contributed by atoms with E-state index in [0.717, 1.165) is 28.5 Å². The molecule has 0 unspecified atom stereocenters. The van der Waals surface area contributed by atoms with E-state index in [1.165, 1.54) is 6.07 Å². The van der Waals surface area contributed by atoms with Crippen molar-refractivity contribution in [2.24, 2.45) is 0 Å². The van der Waals surface area contributed by atoms with Crippen LogP contribution in [0, 0.1) is 0 Å². The zero-order valence-electron chi connectivity index (χ0n) is 13.0. The lowest BCUT2D eigenvalue weighted by molar-refractivity contribution is 0.0564. The predicted molar refractivity (Wildman–Crippen MR) is 95.3 cm³/mol. The van der Waals surface area contributed by atoms with Gasteiger partial charge in [-0.25, -0.2) is 0 Å². The van der Waals surface area contributed by atoms with Crippen LogP contribution in [0.5, 0.6) is 0 Å². The predicted octanol–water partition coefficient (Wildman–Crippen LogP) is 5.24. The zero-order chi connectivity index (χ0) is 18.1. The Morgan fingerprint density at radius 3 is 2.32 bits per heavy atom. The largest absolute Gasteiger partial charge is 0.399 e. The molecule has 0 fully saturated rings. The Kier molecular flexibility index (Phi) is 4.56.